The van der Waals surface area contributed by atoms with Gasteiger partial charge >= 0.3 is 0 Å². The Morgan fingerprint density at radius 3 is 2.59 bits per heavy atom. The first kappa shape index (κ1) is 15.5. The molecule has 0 radical (unpaired) electrons. The molecule has 1 aromatic rings. The van der Waals surface area contributed by atoms with Crippen LogP contribution in [-0.4, -0.2) is 53.7 Å². The van der Waals surface area contributed by atoms with E-state index in [1.165, 1.54) is 24.9 Å². The van der Waals surface area contributed by atoms with Gasteiger partial charge in [-0.2, -0.15) is 5.26 Å². The van der Waals surface area contributed by atoms with Gasteiger partial charge in [0, 0.05) is 32.7 Å². The minimum atomic E-state index is -0.113. The number of β-amino-alcohol motifs (C(OH)–C–C–N with tert-alkyl or cyclic N) is 1. The monoisotopic (exact) mass is 299 g/mol. The molecule has 0 amide bonds. The van der Waals surface area contributed by atoms with Crippen molar-refractivity contribution >= 4 is 0 Å². The summed E-state index contributed by atoms with van der Waals surface area (Å²) in [6.45, 7) is 6.32. The Kier molecular flexibility index (Phi) is 5.09. The molecule has 4 heteroatoms. The highest BCUT2D eigenvalue weighted by Crippen LogP contribution is 2.21. The fraction of sp³-hybridized carbons (Fsp3) is 0.611. The second-order valence-electron chi connectivity index (χ2n) is 6.75. The zero-order valence-corrected chi connectivity index (χ0v) is 13.1. The van der Waals surface area contributed by atoms with E-state index in [0.29, 0.717) is 0 Å². The standard InChI is InChI=1S/C18H25N3O/c19-10-15-3-5-16(6-4-15)11-20-8-1-2-17(12-20)13-21-9-7-18(22)14-21/h3-6,17-18,22H,1-2,7-9,11-14H2. The van der Waals surface area contributed by atoms with Gasteiger partial charge in [0.2, 0.25) is 0 Å². The molecule has 0 spiro atoms. The highest BCUT2D eigenvalue weighted by atomic mass is 16.3. The predicted molar refractivity (Wildman–Crippen MR) is 86.2 cm³/mol. The maximum absolute atomic E-state index is 9.64. The molecule has 2 fully saturated rings. The van der Waals surface area contributed by atoms with E-state index in [-0.39, 0.29) is 6.10 Å². The van der Waals surface area contributed by atoms with Gasteiger partial charge in [0.1, 0.15) is 0 Å². The van der Waals surface area contributed by atoms with Crippen LogP contribution in [0.1, 0.15) is 30.4 Å². The number of rotatable bonds is 4. The molecule has 2 heterocycles. The van der Waals surface area contributed by atoms with Gasteiger partial charge in [0.25, 0.3) is 0 Å². The van der Waals surface area contributed by atoms with Gasteiger partial charge in [-0.25, -0.2) is 0 Å². The lowest BCUT2D eigenvalue weighted by Gasteiger charge is -2.34. The van der Waals surface area contributed by atoms with Gasteiger partial charge in [0.05, 0.1) is 17.7 Å². The first-order valence-electron chi connectivity index (χ1n) is 8.35. The number of hydrogen-bond donors (Lipinski definition) is 1. The van der Waals surface area contributed by atoms with E-state index in [1.807, 2.05) is 12.1 Å². The average Bonchev–Trinajstić information content (AvgIpc) is 2.93. The van der Waals surface area contributed by atoms with Crippen molar-refractivity contribution in [3.05, 3.63) is 35.4 Å². The Balaban J connectivity index is 1.50. The highest BCUT2D eigenvalue weighted by Gasteiger charge is 2.26. The molecular weight excluding hydrogens is 274 g/mol. The quantitative estimate of drug-likeness (QED) is 0.921. The largest absolute Gasteiger partial charge is 0.392 e. The molecule has 2 saturated heterocycles. The average molecular weight is 299 g/mol. The third-order valence-electron chi connectivity index (χ3n) is 4.86. The maximum atomic E-state index is 9.64. The van der Waals surface area contributed by atoms with Gasteiger partial charge in [-0.3, -0.25) is 4.90 Å². The van der Waals surface area contributed by atoms with Crippen molar-refractivity contribution in [1.29, 1.82) is 5.26 Å². The van der Waals surface area contributed by atoms with Crippen molar-refractivity contribution in [1.82, 2.24) is 9.80 Å². The van der Waals surface area contributed by atoms with Gasteiger partial charge in [-0.15, -0.1) is 0 Å². The lowest BCUT2D eigenvalue weighted by molar-refractivity contribution is 0.126. The molecular formula is C18H25N3O. The molecule has 0 aliphatic carbocycles. The number of aliphatic hydroxyl groups excluding tert-OH is 1. The Morgan fingerprint density at radius 1 is 1.09 bits per heavy atom. The Hall–Kier alpha value is -1.41. The summed E-state index contributed by atoms with van der Waals surface area (Å²) in [5.74, 6) is 0.720. The summed E-state index contributed by atoms with van der Waals surface area (Å²) in [7, 11) is 0. The number of benzene rings is 1. The molecule has 1 N–H and O–H groups in total. The summed E-state index contributed by atoms with van der Waals surface area (Å²) < 4.78 is 0. The van der Waals surface area contributed by atoms with E-state index in [0.717, 1.165) is 50.6 Å². The van der Waals surface area contributed by atoms with Crippen molar-refractivity contribution in [3.63, 3.8) is 0 Å². The van der Waals surface area contributed by atoms with Crippen LogP contribution in [0.3, 0.4) is 0 Å². The number of nitriles is 1. The molecule has 1 aromatic carbocycles. The third kappa shape index (κ3) is 4.07. The second-order valence-corrected chi connectivity index (χ2v) is 6.75. The minimum absolute atomic E-state index is 0.113. The number of aliphatic hydroxyl groups is 1. The van der Waals surface area contributed by atoms with Crippen LogP contribution in [0.5, 0.6) is 0 Å². The molecule has 2 atom stereocenters. The Bertz CT molecular complexity index is 522. The molecule has 0 aromatic heterocycles. The molecule has 2 aliphatic heterocycles. The lowest BCUT2D eigenvalue weighted by atomic mass is 9.97. The highest BCUT2D eigenvalue weighted by molar-refractivity contribution is 5.31. The number of hydrogen-bond acceptors (Lipinski definition) is 4. The summed E-state index contributed by atoms with van der Waals surface area (Å²) in [6.07, 6.45) is 3.38. The van der Waals surface area contributed by atoms with E-state index in [4.69, 9.17) is 5.26 Å². The van der Waals surface area contributed by atoms with Crippen molar-refractivity contribution in [2.45, 2.75) is 31.9 Å². The van der Waals surface area contributed by atoms with Crippen molar-refractivity contribution in [3.8, 4) is 6.07 Å². The first-order chi connectivity index (χ1) is 10.7. The Labute approximate surface area is 133 Å². The van der Waals surface area contributed by atoms with Crippen LogP contribution >= 0.6 is 0 Å². The lowest BCUT2D eigenvalue weighted by Crippen LogP contribution is -2.40. The van der Waals surface area contributed by atoms with E-state index in [2.05, 4.69) is 28.0 Å². The SMILES string of the molecule is N#Cc1ccc(CN2CCCC(CN3CCC(O)C3)C2)cc1. The summed E-state index contributed by atoms with van der Waals surface area (Å²) in [5, 5.41) is 18.5. The van der Waals surface area contributed by atoms with Gasteiger partial charge in [-0.1, -0.05) is 12.1 Å². The van der Waals surface area contributed by atoms with Gasteiger partial charge < -0.3 is 10.0 Å². The fourth-order valence-electron chi connectivity index (χ4n) is 3.73. The third-order valence-corrected chi connectivity index (χ3v) is 4.86. The van der Waals surface area contributed by atoms with Crippen LogP contribution < -0.4 is 0 Å². The van der Waals surface area contributed by atoms with Crippen molar-refractivity contribution in [2.75, 3.05) is 32.7 Å². The summed E-state index contributed by atoms with van der Waals surface area (Å²) in [6, 6.07) is 10.1. The molecule has 4 nitrogen and oxygen atoms in total. The molecule has 0 saturated carbocycles. The van der Waals surface area contributed by atoms with E-state index < -0.39 is 0 Å². The van der Waals surface area contributed by atoms with E-state index >= 15 is 0 Å². The topological polar surface area (TPSA) is 50.5 Å². The summed E-state index contributed by atoms with van der Waals surface area (Å²) in [5.41, 5.74) is 2.02. The maximum Gasteiger partial charge on any atom is 0.0991 e. The first-order valence-corrected chi connectivity index (χ1v) is 8.35. The molecule has 2 unspecified atom stereocenters. The fourth-order valence-corrected chi connectivity index (χ4v) is 3.73. The zero-order chi connectivity index (χ0) is 15.4. The Morgan fingerprint density at radius 2 is 1.91 bits per heavy atom. The second kappa shape index (κ2) is 7.23. The normalized spacial score (nSPS) is 26.9. The number of piperidine rings is 1. The van der Waals surface area contributed by atoms with E-state index in [1.54, 1.807) is 0 Å². The predicted octanol–water partition coefficient (Wildman–Crippen LogP) is 1.84. The summed E-state index contributed by atoms with van der Waals surface area (Å²) >= 11 is 0. The molecule has 2 aliphatic rings. The smallest absolute Gasteiger partial charge is 0.0991 e. The van der Waals surface area contributed by atoms with Crippen LogP contribution in [0.25, 0.3) is 0 Å². The van der Waals surface area contributed by atoms with Crippen LogP contribution in [0, 0.1) is 17.2 Å². The van der Waals surface area contributed by atoms with Crippen LogP contribution in [0.15, 0.2) is 24.3 Å². The van der Waals surface area contributed by atoms with Gasteiger partial charge in [0.15, 0.2) is 0 Å². The van der Waals surface area contributed by atoms with Crippen molar-refractivity contribution < 1.29 is 5.11 Å². The molecule has 118 valence electrons. The van der Waals surface area contributed by atoms with Crippen LogP contribution in [-0.2, 0) is 6.54 Å². The van der Waals surface area contributed by atoms with Crippen LogP contribution in [0.2, 0.25) is 0 Å². The minimum Gasteiger partial charge on any atom is -0.392 e. The van der Waals surface area contributed by atoms with Crippen molar-refractivity contribution in [2.24, 2.45) is 5.92 Å². The molecule has 22 heavy (non-hydrogen) atoms. The summed E-state index contributed by atoms with van der Waals surface area (Å²) in [4.78, 5) is 4.95. The van der Waals surface area contributed by atoms with Crippen LogP contribution in [0.4, 0.5) is 0 Å². The molecule has 3 rings (SSSR count). The van der Waals surface area contributed by atoms with Gasteiger partial charge in [-0.05, 0) is 49.4 Å². The number of likely N-dealkylation sites (tertiary alicyclic amines) is 2. The number of nitrogens with zero attached hydrogens (tertiary/aromatic N) is 3. The van der Waals surface area contributed by atoms with E-state index in [9.17, 15) is 5.11 Å². The zero-order valence-electron chi connectivity index (χ0n) is 13.1. The molecule has 0 bridgehead atoms.